The van der Waals surface area contributed by atoms with Crippen LogP contribution in [-0.4, -0.2) is 28.3 Å². The Morgan fingerprint density at radius 1 is 0.487 bits per heavy atom. The van der Waals surface area contributed by atoms with Crippen molar-refractivity contribution in [1.82, 2.24) is 9.97 Å². The smallest absolute Gasteiger partial charge is 0.399 e. The van der Waals surface area contributed by atoms with Crippen LogP contribution in [0, 0.1) is 0 Å². The summed E-state index contributed by atoms with van der Waals surface area (Å²) in [7, 11) is -0.362. The van der Waals surface area contributed by atoms with E-state index in [4.69, 9.17) is 19.3 Å². The molecule has 0 saturated carbocycles. The Bertz CT molecular complexity index is 1510. The Labute approximate surface area is 230 Å². The van der Waals surface area contributed by atoms with Gasteiger partial charge < -0.3 is 9.31 Å². The van der Waals surface area contributed by atoms with Gasteiger partial charge in [0, 0.05) is 16.7 Å². The summed E-state index contributed by atoms with van der Waals surface area (Å²) in [4.78, 5) is 9.88. The third-order valence-electron chi connectivity index (χ3n) is 7.78. The molecule has 1 aliphatic rings. The van der Waals surface area contributed by atoms with Crippen LogP contribution in [0.4, 0.5) is 0 Å². The molecule has 6 rings (SSSR count). The molecule has 0 unspecified atom stereocenters. The van der Waals surface area contributed by atoms with E-state index >= 15 is 0 Å². The molecule has 0 radical (unpaired) electrons. The van der Waals surface area contributed by atoms with Crippen LogP contribution in [-0.2, 0) is 9.31 Å². The van der Waals surface area contributed by atoms with E-state index in [-0.39, 0.29) is 18.3 Å². The molecule has 0 N–H and O–H groups in total. The fourth-order valence-electron chi connectivity index (χ4n) is 4.71. The zero-order valence-corrected chi connectivity index (χ0v) is 22.8. The van der Waals surface area contributed by atoms with Gasteiger partial charge in [0.15, 0.2) is 5.82 Å². The summed E-state index contributed by atoms with van der Waals surface area (Å²) in [5.74, 6) is 0.706. The minimum Gasteiger partial charge on any atom is -0.399 e. The predicted molar refractivity (Wildman–Crippen MR) is 159 cm³/mol. The predicted octanol–water partition coefficient (Wildman–Crippen LogP) is 7.44. The van der Waals surface area contributed by atoms with Crippen LogP contribution < -0.4 is 5.46 Å². The van der Waals surface area contributed by atoms with E-state index in [0.29, 0.717) is 5.82 Å². The monoisotopic (exact) mass is 510 g/mol. The van der Waals surface area contributed by atoms with Gasteiger partial charge in [-0.25, -0.2) is 9.97 Å². The molecule has 5 aromatic rings. The molecule has 0 aliphatic carbocycles. The van der Waals surface area contributed by atoms with E-state index in [2.05, 4.69) is 107 Å². The van der Waals surface area contributed by atoms with Crippen molar-refractivity contribution in [3.05, 3.63) is 115 Å². The maximum atomic E-state index is 6.21. The minimum atomic E-state index is -0.362. The average molecular weight is 510 g/mol. The van der Waals surface area contributed by atoms with E-state index in [1.54, 1.807) is 0 Å². The highest BCUT2D eigenvalue weighted by Gasteiger charge is 2.51. The van der Waals surface area contributed by atoms with Crippen LogP contribution >= 0.6 is 0 Å². The van der Waals surface area contributed by atoms with Gasteiger partial charge in [-0.15, -0.1) is 0 Å². The van der Waals surface area contributed by atoms with Gasteiger partial charge in [-0.2, -0.15) is 0 Å². The molecular weight excluding hydrogens is 479 g/mol. The molecule has 0 atom stereocenters. The molecule has 1 fully saturated rings. The van der Waals surface area contributed by atoms with E-state index < -0.39 is 0 Å². The summed E-state index contributed by atoms with van der Waals surface area (Å²) in [6.45, 7) is 8.30. The SMILES string of the molecule is CC1(C)OB(c2ccc(-c3ccc(-c4nc(-c5ccccc5)cc(-c5ccccc5)n4)cc3)cc2)OC1(C)C. The quantitative estimate of drug-likeness (QED) is 0.231. The molecule has 0 spiro atoms. The highest BCUT2D eigenvalue weighted by Crippen LogP contribution is 2.36. The highest BCUT2D eigenvalue weighted by molar-refractivity contribution is 6.62. The number of hydrogen-bond acceptors (Lipinski definition) is 4. The fourth-order valence-corrected chi connectivity index (χ4v) is 4.71. The lowest BCUT2D eigenvalue weighted by molar-refractivity contribution is 0.00578. The van der Waals surface area contributed by atoms with Gasteiger partial charge in [-0.1, -0.05) is 109 Å². The van der Waals surface area contributed by atoms with Crippen molar-refractivity contribution in [3.63, 3.8) is 0 Å². The van der Waals surface area contributed by atoms with Gasteiger partial charge in [0.2, 0.25) is 0 Å². The normalized spacial score (nSPS) is 15.8. The molecule has 4 aromatic carbocycles. The second-order valence-corrected chi connectivity index (χ2v) is 11.0. The van der Waals surface area contributed by atoms with Crippen LogP contribution in [0.1, 0.15) is 27.7 Å². The standard InChI is InChI=1S/C34H31BN2O2/c1-33(2)34(3,4)39-35(38-33)29-21-19-25(20-22-29)24-15-17-28(18-16-24)32-36-30(26-11-7-5-8-12-26)23-31(37-32)27-13-9-6-10-14-27/h5-23H,1-4H3. The van der Waals surface area contributed by atoms with Gasteiger partial charge in [0.1, 0.15) is 0 Å². The van der Waals surface area contributed by atoms with Crippen molar-refractivity contribution in [2.75, 3.05) is 0 Å². The molecule has 1 aromatic heterocycles. The van der Waals surface area contributed by atoms with Gasteiger partial charge in [-0.3, -0.25) is 0 Å². The Morgan fingerprint density at radius 3 is 1.36 bits per heavy atom. The molecule has 192 valence electrons. The van der Waals surface area contributed by atoms with E-state index in [1.807, 2.05) is 36.4 Å². The number of rotatable bonds is 5. The maximum Gasteiger partial charge on any atom is 0.494 e. The van der Waals surface area contributed by atoms with Crippen molar-refractivity contribution >= 4 is 12.6 Å². The molecule has 2 heterocycles. The summed E-state index contributed by atoms with van der Waals surface area (Å²) in [5, 5.41) is 0. The van der Waals surface area contributed by atoms with E-state index in [1.165, 1.54) is 0 Å². The lowest BCUT2D eigenvalue weighted by atomic mass is 9.78. The van der Waals surface area contributed by atoms with Crippen LogP contribution in [0.2, 0.25) is 0 Å². The molecule has 0 bridgehead atoms. The van der Waals surface area contributed by atoms with Crippen molar-refractivity contribution in [1.29, 1.82) is 0 Å². The largest absolute Gasteiger partial charge is 0.494 e. The molecular formula is C34H31BN2O2. The molecule has 0 amide bonds. The Morgan fingerprint density at radius 2 is 0.897 bits per heavy atom. The number of nitrogens with zero attached hydrogens (tertiary/aromatic N) is 2. The lowest BCUT2D eigenvalue weighted by Gasteiger charge is -2.32. The lowest BCUT2D eigenvalue weighted by Crippen LogP contribution is -2.41. The zero-order valence-electron chi connectivity index (χ0n) is 22.8. The third-order valence-corrected chi connectivity index (χ3v) is 7.78. The van der Waals surface area contributed by atoms with Crippen molar-refractivity contribution in [3.8, 4) is 45.0 Å². The van der Waals surface area contributed by atoms with Crippen LogP contribution in [0.25, 0.3) is 45.0 Å². The van der Waals surface area contributed by atoms with Gasteiger partial charge in [-0.05, 0) is 50.4 Å². The molecule has 1 aliphatic heterocycles. The zero-order chi connectivity index (χ0) is 27.0. The second-order valence-electron chi connectivity index (χ2n) is 11.0. The maximum absolute atomic E-state index is 6.21. The van der Waals surface area contributed by atoms with Crippen LogP contribution in [0.5, 0.6) is 0 Å². The molecule has 39 heavy (non-hydrogen) atoms. The first-order valence-electron chi connectivity index (χ1n) is 13.4. The average Bonchev–Trinajstić information content (AvgIpc) is 3.20. The molecule has 4 nitrogen and oxygen atoms in total. The molecule has 1 saturated heterocycles. The summed E-state index contributed by atoms with van der Waals surface area (Å²) < 4.78 is 12.4. The van der Waals surface area contributed by atoms with E-state index in [9.17, 15) is 0 Å². The number of benzene rings is 4. The third kappa shape index (κ3) is 5.03. The highest BCUT2D eigenvalue weighted by atomic mass is 16.7. The Kier molecular flexibility index (Phi) is 6.42. The first-order chi connectivity index (χ1) is 18.8. The summed E-state index contributed by atoms with van der Waals surface area (Å²) in [6, 6.07) is 39.4. The van der Waals surface area contributed by atoms with Crippen molar-refractivity contribution in [2.45, 2.75) is 38.9 Å². The minimum absolute atomic E-state index is 0.355. The van der Waals surface area contributed by atoms with Crippen molar-refractivity contribution < 1.29 is 9.31 Å². The second kappa shape index (κ2) is 9.92. The first kappa shape index (κ1) is 25.2. The van der Waals surface area contributed by atoms with Gasteiger partial charge >= 0.3 is 7.12 Å². The number of hydrogen-bond donors (Lipinski definition) is 0. The summed E-state index contributed by atoms with van der Waals surface area (Å²) in [5.41, 5.74) is 7.49. The van der Waals surface area contributed by atoms with Gasteiger partial charge in [0.05, 0.1) is 22.6 Å². The first-order valence-corrected chi connectivity index (χ1v) is 13.4. The summed E-state index contributed by atoms with van der Waals surface area (Å²) >= 11 is 0. The fraction of sp³-hybridized carbons (Fsp3) is 0.176. The van der Waals surface area contributed by atoms with Crippen molar-refractivity contribution in [2.24, 2.45) is 0 Å². The summed E-state index contributed by atoms with van der Waals surface area (Å²) in [6.07, 6.45) is 0. The van der Waals surface area contributed by atoms with E-state index in [0.717, 1.165) is 44.7 Å². The Balaban J connectivity index is 1.29. The van der Waals surface area contributed by atoms with Crippen LogP contribution in [0.3, 0.4) is 0 Å². The van der Waals surface area contributed by atoms with Gasteiger partial charge in [0.25, 0.3) is 0 Å². The molecule has 5 heteroatoms. The van der Waals surface area contributed by atoms with Crippen LogP contribution in [0.15, 0.2) is 115 Å². The topological polar surface area (TPSA) is 44.2 Å². The number of aromatic nitrogens is 2. The Hall–Kier alpha value is -4.06.